The molecule has 0 aliphatic rings. The Labute approximate surface area is 213 Å². The summed E-state index contributed by atoms with van der Waals surface area (Å²) in [5, 5.41) is 8.72. The predicted molar refractivity (Wildman–Crippen MR) is 130 cm³/mol. The van der Waals surface area contributed by atoms with E-state index < -0.39 is 78.0 Å². The number of Topliss-reactive ketones (excluding diaryl/α,β-unsaturated/α-hetero) is 1. The third-order valence-electron chi connectivity index (χ3n) is 5.38. The average Bonchev–Trinajstić information content (AvgIpc) is 2.81. The number of halogens is 5. The van der Waals surface area contributed by atoms with E-state index in [-0.39, 0.29) is 28.5 Å². The number of hydrogen-bond donors (Lipinski definition) is 2. The van der Waals surface area contributed by atoms with Crippen LogP contribution in [0, 0.1) is 29.1 Å². The summed E-state index contributed by atoms with van der Waals surface area (Å²) in [4.78, 5) is 36.9. The number of carboxylic acids is 1. The quantitative estimate of drug-likeness (QED) is 0.135. The summed E-state index contributed by atoms with van der Waals surface area (Å²) in [6.07, 6.45) is -0.768. The zero-order valence-electron chi connectivity index (χ0n) is 20.0. The molecule has 3 rings (SSSR count). The number of rotatable bonds is 9. The molecular formula is C26H21F5NO5P. The van der Waals surface area contributed by atoms with Gasteiger partial charge in [-0.15, -0.1) is 0 Å². The number of hydrogen-bond acceptors (Lipinski definition) is 4. The van der Waals surface area contributed by atoms with E-state index in [2.05, 4.69) is 4.98 Å². The van der Waals surface area contributed by atoms with E-state index in [1.54, 1.807) is 13.8 Å². The lowest BCUT2D eigenvalue weighted by Crippen LogP contribution is -2.10. The Balaban J connectivity index is 2.28. The first kappa shape index (κ1) is 28.9. The van der Waals surface area contributed by atoms with Crippen LogP contribution in [-0.2, 0) is 14.2 Å². The molecule has 200 valence electrons. The van der Waals surface area contributed by atoms with Gasteiger partial charge in [-0.05, 0) is 41.3 Å². The lowest BCUT2D eigenvalue weighted by Gasteiger charge is -2.18. The van der Waals surface area contributed by atoms with E-state index in [1.165, 1.54) is 12.1 Å². The van der Waals surface area contributed by atoms with Crippen molar-refractivity contribution < 1.29 is 46.1 Å². The fraction of sp³-hybridized carbons (Fsp3) is 0.192. The lowest BCUT2D eigenvalue weighted by molar-refractivity contribution is -0.139. The van der Waals surface area contributed by atoms with Crippen molar-refractivity contribution in [2.24, 2.45) is 0 Å². The Morgan fingerprint density at radius 2 is 1.58 bits per heavy atom. The third-order valence-corrected chi connectivity index (χ3v) is 6.80. The molecule has 3 aromatic rings. The van der Waals surface area contributed by atoms with Gasteiger partial charge in [-0.2, -0.15) is 0 Å². The van der Waals surface area contributed by atoms with Crippen molar-refractivity contribution in [3.63, 3.8) is 0 Å². The molecule has 1 heterocycles. The minimum Gasteiger partial charge on any atom is -0.481 e. The van der Waals surface area contributed by atoms with Crippen molar-refractivity contribution in [3.8, 4) is 22.4 Å². The zero-order valence-corrected chi connectivity index (χ0v) is 20.9. The molecular weight excluding hydrogens is 532 g/mol. The molecule has 0 aliphatic carbocycles. The van der Waals surface area contributed by atoms with E-state index in [0.29, 0.717) is 0 Å². The first-order valence-corrected chi connectivity index (χ1v) is 13.0. The Hall–Kier alpha value is -3.69. The number of carbonyl (C=O) groups excluding carboxylic acids is 1. The van der Waals surface area contributed by atoms with Crippen molar-refractivity contribution >= 4 is 25.2 Å². The lowest BCUT2D eigenvalue weighted by atomic mass is 9.92. The Morgan fingerprint density at radius 3 is 2.11 bits per heavy atom. The van der Waals surface area contributed by atoms with E-state index in [9.17, 15) is 41.0 Å². The standard InChI is InChI=1S/C26H21F5NO5P/c1-13(2)26-17(7-8-38(36,37)12-16(33)9-22(34)35)18(14-3-5-15(27)6-4-14)10-21(32-26)23-24(30)19(28)11-20(29)25(23)31/h3-8,10-11,13H,9,12H2,1-2H3,(H,34,35)(H,36,37). The van der Waals surface area contributed by atoms with Gasteiger partial charge in [0.15, 0.2) is 29.1 Å². The third kappa shape index (κ3) is 6.59. The zero-order chi connectivity index (χ0) is 28.4. The second-order valence-electron chi connectivity index (χ2n) is 8.70. The molecule has 1 aromatic heterocycles. The van der Waals surface area contributed by atoms with Crippen LogP contribution in [0.3, 0.4) is 0 Å². The Bertz CT molecular complexity index is 1460. The highest BCUT2D eigenvalue weighted by Gasteiger charge is 2.26. The SMILES string of the molecule is CC(C)c1nc(-c2c(F)c(F)cc(F)c2F)cc(-c2ccc(F)cc2)c1C=CP(=O)(O)CC(=O)CC(=O)O. The topological polar surface area (TPSA) is 105 Å². The first-order chi connectivity index (χ1) is 17.7. The summed E-state index contributed by atoms with van der Waals surface area (Å²) in [7, 11) is -4.34. The summed E-state index contributed by atoms with van der Waals surface area (Å²) in [5.74, 6) is -9.43. The van der Waals surface area contributed by atoms with E-state index in [0.717, 1.165) is 30.1 Å². The first-order valence-electron chi connectivity index (χ1n) is 11.1. The van der Waals surface area contributed by atoms with Gasteiger partial charge in [0.1, 0.15) is 12.2 Å². The highest BCUT2D eigenvalue weighted by Crippen LogP contribution is 2.44. The van der Waals surface area contributed by atoms with Gasteiger partial charge in [0.2, 0.25) is 7.37 Å². The van der Waals surface area contributed by atoms with Crippen molar-refractivity contribution in [1.82, 2.24) is 4.98 Å². The van der Waals surface area contributed by atoms with Crippen molar-refractivity contribution in [2.75, 3.05) is 6.16 Å². The second-order valence-corrected chi connectivity index (χ2v) is 10.8. The molecule has 0 spiro atoms. The van der Waals surface area contributed by atoms with Crippen LogP contribution in [-0.4, -0.2) is 32.9 Å². The molecule has 0 amide bonds. The summed E-state index contributed by atoms with van der Waals surface area (Å²) in [6, 6.07) is 5.94. The van der Waals surface area contributed by atoms with Crippen molar-refractivity contribution in [2.45, 2.75) is 26.2 Å². The molecule has 0 bridgehead atoms. The van der Waals surface area contributed by atoms with E-state index in [4.69, 9.17) is 5.11 Å². The van der Waals surface area contributed by atoms with E-state index in [1.807, 2.05) is 0 Å². The number of ketones is 1. The molecule has 0 fully saturated rings. The number of benzene rings is 2. The van der Waals surface area contributed by atoms with Gasteiger partial charge in [0.25, 0.3) is 0 Å². The molecule has 1 atom stereocenters. The molecule has 6 nitrogen and oxygen atoms in total. The number of aromatic nitrogens is 1. The molecule has 2 N–H and O–H groups in total. The fourth-order valence-electron chi connectivity index (χ4n) is 3.71. The highest BCUT2D eigenvalue weighted by molar-refractivity contribution is 7.62. The molecule has 0 saturated heterocycles. The van der Waals surface area contributed by atoms with Crippen LogP contribution in [0.4, 0.5) is 22.0 Å². The molecule has 0 aliphatic heterocycles. The summed E-state index contributed by atoms with van der Waals surface area (Å²) < 4.78 is 83.4. The monoisotopic (exact) mass is 553 g/mol. The predicted octanol–water partition coefficient (Wildman–Crippen LogP) is 6.52. The number of carboxylic acid groups (broad SMARTS) is 1. The molecule has 0 radical (unpaired) electrons. The Morgan fingerprint density at radius 1 is 1.00 bits per heavy atom. The van der Waals surface area contributed by atoms with Gasteiger partial charge in [-0.1, -0.05) is 26.0 Å². The maximum absolute atomic E-state index is 14.6. The van der Waals surface area contributed by atoms with Gasteiger partial charge in [-0.3, -0.25) is 19.1 Å². The van der Waals surface area contributed by atoms with Crippen LogP contribution in [0.25, 0.3) is 28.5 Å². The van der Waals surface area contributed by atoms with Gasteiger partial charge in [-0.25, -0.2) is 22.0 Å². The van der Waals surface area contributed by atoms with Crippen LogP contribution in [0.2, 0.25) is 0 Å². The van der Waals surface area contributed by atoms with Crippen LogP contribution < -0.4 is 0 Å². The molecule has 2 aromatic carbocycles. The molecule has 12 heteroatoms. The van der Waals surface area contributed by atoms with Gasteiger partial charge in [0, 0.05) is 17.4 Å². The highest BCUT2D eigenvalue weighted by atomic mass is 31.2. The van der Waals surface area contributed by atoms with Crippen LogP contribution in [0.5, 0.6) is 0 Å². The minimum absolute atomic E-state index is 0.0555. The van der Waals surface area contributed by atoms with Gasteiger partial charge in [0.05, 0.1) is 23.1 Å². The molecule has 0 saturated carbocycles. The summed E-state index contributed by atoms with van der Waals surface area (Å²) >= 11 is 0. The van der Waals surface area contributed by atoms with Crippen molar-refractivity contribution in [1.29, 1.82) is 0 Å². The summed E-state index contributed by atoms with van der Waals surface area (Å²) in [6.45, 7) is 3.26. The van der Waals surface area contributed by atoms with Crippen molar-refractivity contribution in [3.05, 3.63) is 82.6 Å². The minimum atomic E-state index is -4.34. The molecule has 38 heavy (non-hydrogen) atoms. The van der Waals surface area contributed by atoms with Gasteiger partial charge < -0.3 is 10.00 Å². The smallest absolute Gasteiger partial charge is 0.310 e. The number of nitrogens with zero attached hydrogens (tertiary/aromatic N) is 1. The number of aliphatic carboxylic acids is 1. The van der Waals surface area contributed by atoms with E-state index >= 15 is 0 Å². The molecule has 1 unspecified atom stereocenters. The van der Waals surface area contributed by atoms with Crippen LogP contribution in [0.15, 0.2) is 42.2 Å². The average molecular weight is 553 g/mol. The normalized spacial score (nSPS) is 13.2. The number of pyridine rings is 1. The van der Waals surface area contributed by atoms with Crippen LogP contribution >= 0.6 is 7.37 Å². The van der Waals surface area contributed by atoms with Gasteiger partial charge >= 0.3 is 5.97 Å². The maximum Gasteiger partial charge on any atom is 0.310 e. The number of carbonyl (C=O) groups is 2. The van der Waals surface area contributed by atoms with Crippen LogP contribution in [0.1, 0.15) is 37.4 Å². The second kappa shape index (κ2) is 11.4. The largest absolute Gasteiger partial charge is 0.481 e. The summed E-state index contributed by atoms with van der Waals surface area (Å²) in [5.41, 5.74) is -0.927. The Kier molecular flexibility index (Phi) is 8.64. The fourth-order valence-corrected chi connectivity index (χ4v) is 4.81. The maximum atomic E-state index is 14.6.